The standard InChI is InChI=1S/C15H25NO2S/c1-4-6-12(7-5-2)15(17)16-10-14(18-3)13-8-9-19-11-13/h8-9,11-12,14H,4-7,10H2,1-3H3,(H,16,17). The van der Waals surface area contributed by atoms with Gasteiger partial charge in [-0.15, -0.1) is 0 Å². The Balaban J connectivity index is 2.46. The molecule has 108 valence electrons. The van der Waals surface area contributed by atoms with Gasteiger partial charge in [-0.05, 0) is 35.2 Å². The van der Waals surface area contributed by atoms with E-state index in [-0.39, 0.29) is 17.9 Å². The highest BCUT2D eigenvalue weighted by molar-refractivity contribution is 7.07. The number of ether oxygens (including phenoxy) is 1. The van der Waals surface area contributed by atoms with E-state index >= 15 is 0 Å². The highest BCUT2D eigenvalue weighted by Gasteiger charge is 2.18. The molecule has 0 aliphatic rings. The Morgan fingerprint density at radius 2 is 2.05 bits per heavy atom. The molecule has 0 spiro atoms. The average molecular weight is 283 g/mol. The number of methoxy groups -OCH3 is 1. The molecule has 0 bridgehead atoms. The zero-order valence-electron chi connectivity index (χ0n) is 12.1. The Morgan fingerprint density at radius 3 is 2.53 bits per heavy atom. The number of rotatable bonds is 9. The minimum absolute atomic E-state index is 0.0425. The third kappa shape index (κ3) is 5.33. The fourth-order valence-electron chi connectivity index (χ4n) is 2.24. The van der Waals surface area contributed by atoms with Gasteiger partial charge in [0.05, 0.1) is 0 Å². The summed E-state index contributed by atoms with van der Waals surface area (Å²) in [7, 11) is 1.68. The molecule has 0 radical (unpaired) electrons. The van der Waals surface area contributed by atoms with Crippen molar-refractivity contribution in [3.05, 3.63) is 22.4 Å². The van der Waals surface area contributed by atoms with E-state index in [0.29, 0.717) is 6.54 Å². The van der Waals surface area contributed by atoms with Crippen LogP contribution in [0.3, 0.4) is 0 Å². The second-order valence-corrected chi connectivity index (χ2v) is 5.58. The summed E-state index contributed by atoms with van der Waals surface area (Å²) in [6, 6.07) is 2.04. The number of carbonyl (C=O) groups is 1. The first-order valence-electron chi connectivity index (χ1n) is 7.05. The van der Waals surface area contributed by atoms with Gasteiger partial charge in [-0.2, -0.15) is 11.3 Å². The first-order chi connectivity index (χ1) is 9.22. The highest BCUT2D eigenvalue weighted by Crippen LogP contribution is 2.19. The Labute approximate surface area is 120 Å². The number of nitrogens with one attached hydrogen (secondary N) is 1. The zero-order valence-corrected chi connectivity index (χ0v) is 13.0. The molecule has 0 aliphatic heterocycles. The molecule has 0 saturated heterocycles. The summed E-state index contributed by atoms with van der Waals surface area (Å²) in [6.07, 6.45) is 4.00. The predicted octanol–water partition coefficient (Wildman–Crippen LogP) is 3.77. The van der Waals surface area contributed by atoms with Crippen molar-refractivity contribution in [1.82, 2.24) is 5.32 Å². The minimum atomic E-state index is -0.0425. The Hall–Kier alpha value is -0.870. The Bertz CT molecular complexity index is 345. The number of hydrogen-bond donors (Lipinski definition) is 1. The monoisotopic (exact) mass is 283 g/mol. The molecule has 4 heteroatoms. The van der Waals surface area contributed by atoms with Crippen LogP contribution in [-0.2, 0) is 9.53 Å². The molecule has 1 unspecified atom stereocenters. The summed E-state index contributed by atoms with van der Waals surface area (Å²) in [4.78, 5) is 12.1. The maximum absolute atomic E-state index is 12.1. The normalized spacial score (nSPS) is 12.6. The van der Waals surface area contributed by atoms with Gasteiger partial charge in [0.2, 0.25) is 5.91 Å². The number of thiophene rings is 1. The van der Waals surface area contributed by atoms with E-state index in [9.17, 15) is 4.79 Å². The Morgan fingerprint density at radius 1 is 1.37 bits per heavy atom. The molecular weight excluding hydrogens is 258 g/mol. The van der Waals surface area contributed by atoms with Crippen molar-refractivity contribution in [2.45, 2.75) is 45.6 Å². The highest BCUT2D eigenvalue weighted by atomic mass is 32.1. The van der Waals surface area contributed by atoms with Gasteiger partial charge in [-0.3, -0.25) is 4.79 Å². The smallest absolute Gasteiger partial charge is 0.223 e. The van der Waals surface area contributed by atoms with Crippen LogP contribution in [-0.4, -0.2) is 19.6 Å². The van der Waals surface area contributed by atoms with Crippen LogP contribution in [0.25, 0.3) is 0 Å². The van der Waals surface area contributed by atoms with E-state index < -0.39 is 0 Å². The van der Waals surface area contributed by atoms with Crippen molar-refractivity contribution in [3.8, 4) is 0 Å². The van der Waals surface area contributed by atoms with Crippen molar-refractivity contribution in [1.29, 1.82) is 0 Å². The van der Waals surface area contributed by atoms with Crippen molar-refractivity contribution < 1.29 is 9.53 Å². The molecule has 19 heavy (non-hydrogen) atoms. The molecule has 0 fully saturated rings. The summed E-state index contributed by atoms with van der Waals surface area (Å²) < 4.78 is 5.44. The van der Waals surface area contributed by atoms with Crippen LogP contribution in [0.1, 0.15) is 51.2 Å². The first kappa shape index (κ1) is 16.2. The molecule has 0 aromatic carbocycles. The lowest BCUT2D eigenvalue weighted by Crippen LogP contribution is -2.34. The van der Waals surface area contributed by atoms with Gasteiger partial charge in [-0.25, -0.2) is 0 Å². The maximum atomic E-state index is 12.1. The van der Waals surface area contributed by atoms with Crippen LogP contribution in [0.15, 0.2) is 16.8 Å². The van der Waals surface area contributed by atoms with E-state index in [1.165, 1.54) is 0 Å². The number of hydrogen-bond acceptors (Lipinski definition) is 3. The van der Waals surface area contributed by atoms with Gasteiger partial charge in [0.1, 0.15) is 6.10 Å². The fraction of sp³-hybridized carbons (Fsp3) is 0.667. The van der Waals surface area contributed by atoms with Crippen LogP contribution < -0.4 is 5.32 Å². The number of amides is 1. The summed E-state index contributed by atoms with van der Waals surface area (Å²) in [5.74, 6) is 0.316. The quantitative estimate of drug-likeness (QED) is 0.749. The summed E-state index contributed by atoms with van der Waals surface area (Å²) >= 11 is 1.65. The van der Waals surface area contributed by atoms with Gasteiger partial charge >= 0.3 is 0 Å². The van der Waals surface area contributed by atoms with E-state index in [1.807, 2.05) is 11.4 Å². The van der Waals surface area contributed by atoms with E-state index in [2.05, 4.69) is 24.5 Å². The SMILES string of the molecule is CCCC(CCC)C(=O)NCC(OC)c1ccsc1. The van der Waals surface area contributed by atoms with E-state index in [0.717, 1.165) is 31.2 Å². The zero-order chi connectivity index (χ0) is 14.1. The molecule has 1 N–H and O–H groups in total. The van der Waals surface area contributed by atoms with Crippen LogP contribution >= 0.6 is 11.3 Å². The van der Waals surface area contributed by atoms with Crippen molar-refractivity contribution in [3.63, 3.8) is 0 Å². The molecule has 0 aliphatic carbocycles. The molecule has 1 aromatic rings. The average Bonchev–Trinajstić information content (AvgIpc) is 2.93. The van der Waals surface area contributed by atoms with Gasteiger partial charge < -0.3 is 10.1 Å². The Kier molecular flexibility index (Phi) is 7.75. The molecule has 1 rings (SSSR count). The molecule has 1 amide bonds. The van der Waals surface area contributed by atoms with Crippen molar-refractivity contribution in [2.24, 2.45) is 5.92 Å². The third-order valence-corrected chi connectivity index (χ3v) is 4.01. The number of carbonyl (C=O) groups excluding carboxylic acids is 1. The molecule has 1 heterocycles. The third-order valence-electron chi connectivity index (χ3n) is 3.31. The van der Waals surface area contributed by atoms with Crippen LogP contribution in [0.4, 0.5) is 0 Å². The van der Waals surface area contributed by atoms with Crippen LogP contribution in [0.2, 0.25) is 0 Å². The van der Waals surface area contributed by atoms with Crippen LogP contribution in [0.5, 0.6) is 0 Å². The molecule has 1 atom stereocenters. The maximum Gasteiger partial charge on any atom is 0.223 e. The molecule has 0 saturated carbocycles. The summed E-state index contributed by atoms with van der Waals surface area (Å²) in [5, 5.41) is 7.13. The lowest BCUT2D eigenvalue weighted by Gasteiger charge is -2.19. The molecular formula is C15H25NO2S. The topological polar surface area (TPSA) is 38.3 Å². The van der Waals surface area contributed by atoms with Gasteiger partial charge in [0, 0.05) is 19.6 Å². The second-order valence-electron chi connectivity index (χ2n) is 4.80. The van der Waals surface area contributed by atoms with E-state index in [4.69, 9.17) is 4.74 Å². The second kappa shape index (κ2) is 9.10. The molecule has 1 aromatic heterocycles. The van der Waals surface area contributed by atoms with Crippen molar-refractivity contribution >= 4 is 17.2 Å². The largest absolute Gasteiger partial charge is 0.375 e. The summed E-state index contributed by atoms with van der Waals surface area (Å²) in [5.41, 5.74) is 1.13. The fourth-order valence-corrected chi connectivity index (χ4v) is 2.94. The van der Waals surface area contributed by atoms with Gasteiger partial charge in [-0.1, -0.05) is 26.7 Å². The van der Waals surface area contributed by atoms with Gasteiger partial charge in [0.25, 0.3) is 0 Å². The minimum Gasteiger partial charge on any atom is -0.375 e. The van der Waals surface area contributed by atoms with Gasteiger partial charge in [0.15, 0.2) is 0 Å². The van der Waals surface area contributed by atoms with Crippen LogP contribution in [0, 0.1) is 5.92 Å². The molecule has 3 nitrogen and oxygen atoms in total. The summed E-state index contributed by atoms with van der Waals surface area (Å²) in [6.45, 7) is 4.80. The predicted molar refractivity (Wildman–Crippen MR) is 80.4 cm³/mol. The lowest BCUT2D eigenvalue weighted by atomic mass is 9.97. The van der Waals surface area contributed by atoms with Crippen molar-refractivity contribution in [2.75, 3.05) is 13.7 Å². The lowest BCUT2D eigenvalue weighted by molar-refractivity contribution is -0.126. The van der Waals surface area contributed by atoms with E-state index in [1.54, 1.807) is 18.4 Å². The first-order valence-corrected chi connectivity index (χ1v) is 7.99.